The van der Waals surface area contributed by atoms with Gasteiger partial charge in [-0.15, -0.1) is 11.8 Å². The summed E-state index contributed by atoms with van der Waals surface area (Å²) in [5, 5.41) is 11.4. The van der Waals surface area contributed by atoms with Gasteiger partial charge < -0.3 is 15.3 Å². The topological polar surface area (TPSA) is 86.7 Å². The number of amides is 2. The number of rotatable bonds is 6. The molecule has 0 bridgehead atoms. The molecule has 1 fully saturated rings. The predicted molar refractivity (Wildman–Crippen MR) is 68.1 cm³/mol. The van der Waals surface area contributed by atoms with E-state index in [1.807, 2.05) is 13.8 Å². The second kappa shape index (κ2) is 6.63. The minimum absolute atomic E-state index is 0.0618. The zero-order chi connectivity index (χ0) is 13.7. The third kappa shape index (κ3) is 4.56. The molecule has 0 unspecified atom stereocenters. The third-order valence-corrected chi connectivity index (χ3v) is 3.45. The number of carbonyl (C=O) groups is 3. The fourth-order valence-corrected chi connectivity index (χ4v) is 2.55. The Morgan fingerprint density at radius 2 is 2.17 bits per heavy atom. The SMILES string of the molecule is CC(C)C[C@H](NC(=O)CN1CSCC1=O)C(=O)O. The number of hydrogen-bond acceptors (Lipinski definition) is 4. The summed E-state index contributed by atoms with van der Waals surface area (Å²) in [5.41, 5.74) is 0. The molecule has 102 valence electrons. The Kier molecular flexibility index (Phi) is 5.46. The molecule has 0 radical (unpaired) electrons. The van der Waals surface area contributed by atoms with E-state index in [4.69, 9.17) is 5.11 Å². The minimum Gasteiger partial charge on any atom is -0.480 e. The van der Waals surface area contributed by atoms with E-state index in [0.29, 0.717) is 18.1 Å². The second-order valence-electron chi connectivity index (χ2n) is 4.66. The molecule has 1 atom stereocenters. The van der Waals surface area contributed by atoms with Crippen molar-refractivity contribution in [2.75, 3.05) is 18.2 Å². The molecular formula is C11H18N2O4S. The number of carbonyl (C=O) groups excluding carboxylic acids is 2. The zero-order valence-electron chi connectivity index (χ0n) is 10.5. The first-order valence-electron chi connectivity index (χ1n) is 5.78. The molecule has 0 aliphatic carbocycles. The number of aliphatic carboxylic acids is 1. The van der Waals surface area contributed by atoms with Crippen LogP contribution in [0.15, 0.2) is 0 Å². The number of carboxylic acid groups (broad SMARTS) is 1. The summed E-state index contributed by atoms with van der Waals surface area (Å²) < 4.78 is 0. The van der Waals surface area contributed by atoms with Gasteiger partial charge >= 0.3 is 5.97 Å². The van der Waals surface area contributed by atoms with Crippen molar-refractivity contribution in [2.24, 2.45) is 5.92 Å². The van der Waals surface area contributed by atoms with Gasteiger partial charge in [0.05, 0.1) is 11.6 Å². The van der Waals surface area contributed by atoms with E-state index in [2.05, 4.69) is 5.32 Å². The van der Waals surface area contributed by atoms with Gasteiger partial charge in [-0.1, -0.05) is 13.8 Å². The average Bonchev–Trinajstić information content (AvgIpc) is 2.62. The summed E-state index contributed by atoms with van der Waals surface area (Å²) in [6.45, 7) is 3.72. The third-order valence-electron chi connectivity index (χ3n) is 2.50. The standard InChI is InChI=1S/C11H18N2O4S/c1-7(2)3-8(11(16)17)12-9(14)4-13-6-18-5-10(13)15/h7-8H,3-6H2,1-2H3,(H,12,14)(H,16,17)/t8-/m0/s1. The van der Waals surface area contributed by atoms with Gasteiger partial charge in [-0.05, 0) is 12.3 Å². The summed E-state index contributed by atoms with van der Waals surface area (Å²) in [6, 6.07) is -0.886. The van der Waals surface area contributed by atoms with Crippen molar-refractivity contribution in [3.63, 3.8) is 0 Å². The van der Waals surface area contributed by atoms with Crippen LogP contribution in [0.4, 0.5) is 0 Å². The Hall–Kier alpha value is -1.24. The van der Waals surface area contributed by atoms with E-state index >= 15 is 0 Å². The molecule has 0 aromatic heterocycles. The van der Waals surface area contributed by atoms with Crippen molar-refractivity contribution >= 4 is 29.5 Å². The van der Waals surface area contributed by atoms with Gasteiger partial charge in [0.25, 0.3) is 0 Å². The minimum atomic E-state index is -1.04. The van der Waals surface area contributed by atoms with Gasteiger partial charge in [0, 0.05) is 0 Å². The monoisotopic (exact) mass is 274 g/mol. The number of nitrogens with one attached hydrogen (secondary N) is 1. The van der Waals surface area contributed by atoms with Crippen LogP contribution in [0, 0.1) is 5.92 Å². The molecule has 0 aromatic carbocycles. The van der Waals surface area contributed by atoms with Crippen LogP contribution in [0.2, 0.25) is 0 Å². The summed E-state index contributed by atoms with van der Waals surface area (Å²) in [4.78, 5) is 35.4. The molecule has 0 saturated carbocycles. The molecule has 2 N–H and O–H groups in total. The highest BCUT2D eigenvalue weighted by molar-refractivity contribution is 8.00. The molecule has 1 heterocycles. The van der Waals surface area contributed by atoms with Gasteiger partial charge in [-0.25, -0.2) is 4.79 Å². The lowest BCUT2D eigenvalue weighted by molar-refractivity contribution is -0.142. The maximum Gasteiger partial charge on any atom is 0.326 e. The predicted octanol–water partition coefficient (Wildman–Crippen LogP) is 0.135. The largest absolute Gasteiger partial charge is 0.480 e. The first-order valence-corrected chi connectivity index (χ1v) is 6.93. The molecule has 2 amide bonds. The Morgan fingerprint density at radius 3 is 2.61 bits per heavy atom. The lowest BCUT2D eigenvalue weighted by Gasteiger charge is -2.19. The van der Waals surface area contributed by atoms with E-state index < -0.39 is 17.9 Å². The lowest BCUT2D eigenvalue weighted by atomic mass is 10.0. The number of nitrogens with zero attached hydrogens (tertiary/aromatic N) is 1. The molecule has 18 heavy (non-hydrogen) atoms. The van der Waals surface area contributed by atoms with Crippen LogP contribution >= 0.6 is 11.8 Å². The highest BCUT2D eigenvalue weighted by Gasteiger charge is 2.26. The van der Waals surface area contributed by atoms with Gasteiger partial charge in [0.1, 0.15) is 12.6 Å². The van der Waals surface area contributed by atoms with Gasteiger partial charge in [-0.3, -0.25) is 9.59 Å². The summed E-state index contributed by atoms with van der Waals surface area (Å²) in [7, 11) is 0. The maximum atomic E-state index is 11.7. The smallest absolute Gasteiger partial charge is 0.326 e. The Morgan fingerprint density at radius 1 is 1.50 bits per heavy atom. The molecule has 0 aromatic rings. The summed E-state index contributed by atoms with van der Waals surface area (Å²) in [6.07, 6.45) is 0.379. The highest BCUT2D eigenvalue weighted by atomic mass is 32.2. The van der Waals surface area contributed by atoms with Crippen molar-refractivity contribution in [3.05, 3.63) is 0 Å². The molecule has 1 rings (SSSR count). The van der Waals surface area contributed by atoms with Crippen LogP contribution in [0.5, 0.6) is 0 Å². The van der Waals surface area contributed by atoms with Crippen LogP contribution in [0.25, 0.3) is 0 Å². The number of hydrogen-bond donors (Lipinski definition) is 2. The second-order valence-corrected chi connectivity index (χ2v) is 5.61. The van der Waals surface area contributed by atoms with Crippen molar-refractivity contribution in [2.45, 2.75) is 26.3 Å². The van der Waals surface area contributed by atoms with Gasteiger partial charge in [-0.2, -0.15) is 0 Å². The fourth-order valence-electron chi connectivity index (χ4n) is 1.65. The molecule has 7 heteroatoms. The fraction of sp³-hybridized carbons (Fsp3) is 0.727. The van der Waals surface area contributed by atoms with Crippen molar-refractivity contribution < 1.29 is 19.5 Å². The Bertz CT molecular complexity index is 346. The van der Waals surface area contributed by atoms with Crippen molar-refractivity contribution in [1.82, 2.24) is 10.2 Å². The molecular weight excluding hydrogens is 256 g/mol. The average molecular weight is 274 g/mol. The first kappa shape index (κ1) is 14.8. The molecule has 1 aliphatic rings. The molecule has 1 aliphatic heterocycles. The lowest BCUT2D eigenvalue weighted by Crippen LogP contribution is -2.46. The van der Waals surface area contributed by atoms with E-state index in [0.717, 1.165) is 0 Å². The van der Waals surface area contributed by atoms with Crippen molar-refractivity contribution in [3.8, 4) is 0 Å². The quantitative estimate of drug-likeness (QED) is 0.719. The van der Waals surface area contributed by atoms with Crippen LogP contribution in [0.1, 0.15) is 20.3 Å². The Labute approximate surface area is 110 Å². The first-order chi connectivity index (χ1) is 8.40. The Balaban J connectivity index is 2.45. The highest BCUT2D eigenvalue weighted by Crippen LogP contribution is 2.14. The summed E-state index contributed by atoms with van der Waals surface area (Å²) >= 11 is 1.45. The van der Waals surface area contributed by atoms with Crippen LogP contribution in [0.3, 0.4) is 0 Å². The number of carboxylic acids is 1. The molecule has 0 spiro atoms. The van der Waals surface area contributed by atoms with Gasteiger partial charge in [0.2, 0.25) is 11.8 Å². The van der Waals surface area contributed by atoms with E-state index in [9.17, 15) is 14.4 Å². The molecule has 1 saturated heterocycles. The summed E-state index contributed by atoms with van der Waals surface area (Å²) in [5.74, 6) is -0.477. The van der Waals surface area contributed by atoms with Crippen LogP contribution in [-0.2, 0) is 14.4 Å². The maximum absolute atomic E-state index is 11.7. The van der Waals surface area contributed by atoms with E-state index in [1.54, 1.807) is 0 Å². The van der Waals surface area contributed by atoms with Gasteiger partial charge in [0.15, 0.2) is 0 Å². The van der Waals surface area contributed by atoms with Crippen molar-refractivity contribution in [1.29, 1.82) is 0 Å². The van der Waals surface area contributed by atoms with E-state index in [-0.39, 0.29) is 18.4 Å². The normalized spacial score (nSPS) is 17.1. The van der Waals surface area contributed by atoms with E-state index in [1.165, 1.54) is 16.7 Å². The van der Waals surface area contributed by atoms with Crippen LogP contribution < -0.4 is 5.32 Å². The zero-order valence-corrected chi connectivity index (χ0v) is 11.3. The number of thioether (sulfide) groups is 1. The van der Waals surface area contributed by atoms with Crippen LogP contribution in [-0.4, -0.2) is 52.0 Å². The molecule has 6 nitrogen and oxygen atoms in total.